The summed E-state index contributed by atoms with van der Waals surface area (Å²) in [4.78, 5) is 29.4. The van der Waals surface area contributed by atoms with Gasteiger partial charge in [0.2, 0.25) is 11.8 Å². The first-order chi connectivity index (χ1) is 17.5. The first-order valence-electron chi connectivity index (χ1n) is 12.2. The molecule has 0 saturated carbocycles. The third-order valence-electron chi connectivity index (χ3n) is 6.50. The van der Waals surface area contributed by atoms with Gasteiger partial charge in [-0.2, -0.15) is 0 Å². The third kappa shape index (κ3) is 6.76. The predicted molar refractivity (Wildman–Crippen MR) is 144 cm³/mol. The van der Waals surface area contributed by atoms with Crippen LogP contribution in [0, 0.1) is 5.92 Å². The maximum atomic E-state index is 13.8. The molecule has 1 aliphatic carbocycles. The van der Waals surface area contributed by atoms with E-state index in [-0.39, 0.29) is 24.2 Å². The zero-order valence-corrected chi connectivity index (χ0v) is 21.2. The summed E-state index contributed by atoms with van der Waals surface area (Å²) < 4.78 is 5.24. The maximum absolute atomic E-state index is 13.8. The highest BCUT2D eigenvalue weighted by atomic mass is 35.5. The number of hydrogen-bond donors (Lipinski definition) is 1. The Labute approximate surface area is 217 Å². The lowest BCUT2D eigenvalue weighted by Gasteiger charge is -2.37. The molecule has 0 aromatic heterocycles. The van der Waals surface area contributed by atoms with Crippen LogP contribution in [0.3, 0.4) is 0 Å². The van der Waals surface area contributed by atoms with Gasteiger partial charge in [0.05, 0.1) is 13.5 Å². The molecule has 0 unspecified atom stereocenters. The molecular formula is C30H31ClN2O3. The topological polar surface area (TPSA) is 58.6 Å². The number of benzene rings is 3. The Morgan fingerprint density at radius 2 is 1.69 bits per heavy atom. The van der Waals surface area contributed by atoms with Gasteiger partial charge in [-0.3, -0.25) is 9.59 Å². The molecule has 0 saturated heterocycles. The van der Waals surface area contributed by atoms with E-state index in [1.165, 1.54) is 0 Å². The van der Waals surface area contributed by atoms with Gasteiger partial charge in [0.1, 0.15) is 11.8 Å². The molecule has 0 radical (unpaired) electrons. The van der Waals surface area contributed by atoms with E-state index in [1.807, 2.05) is 66.7 Å². The summed E-state index contributed by atoms with van der Waals surface area (Å²) in [5.41, 5.74) is 2.51. The molecule has 0 bridgehead atoms. The highest BCUT2D eigenvalue weighted by molar-refractivity contribution is 6.30. The third-order valence-corrected chi connectivity index (χ3v) is 6.75. The summed E-state index contributed by atoms with van der Waals surface area (Å²) in [6.45, 7) is 0.323. The minimum Gasteiger partial charge on any atom is -0.497 e. The molecule has 1 aliphatic rings. The fraction of sp³-hybridized carbons (Fsp3) is 0.267. The Hall–Kier alpha value is -3.57. The molecule has 0 heterocycles. The lowest BCUT2D eigenvalue weighted by Crippen LogP contribution is -2.51. The second-order valence-corrected chi connectivity index (χ2v) is 9.45. The lowest BCUT2D eigenvalue weighted by molar-refractivity contribution is -0.141. The maximum Gasteiger partial charge on any atom is 0.247 e. The normalized spacial score (nSPS) is 15.7. The van der Waals surface area contributed by atoms with Crippen molar-refractivity contribution in [1.82, 2.24) is 4.90 Å². The fourth-order valence-electron chi connectivity index (χ4n) is 4.60. The Balaban J connectivity index is 1.66. The van der Waals surface area contributed by atoms with Crippen LogP contribution >= 0.6 is 11.6 Å². The summed E-state index contributed by atoms with van der Waals surface area (Å²) in [7, 11) is 1.60. The van der Waals surface area contributed by atoms with Gasteiger partial charge >= 0.3 is 0 Å². The molecule has 0 fully saturated rings. The summed E-state index contributed by atoms with van der Waals surface area (Å²) in [6.07, 6.45) is 6.96. The van der Waals surface area contributed by atoms with Crippen molar-refractivity contribution >= 4 is 29.1 Å². The molecule has 1 N–H and O–H groups in total. The predicted octanol–water partition coefficient (Wildman–Crippen LogP) is 6.28. The van der Waals surface area contributed by atoms with Crippen molar-refractivity contribution in [2.45, 2.75) is 38.3 Å². The van der Waals surface area contributed by atoms with E-state index in [2.05, 4.69) is 17.5 Å². The molecule has 186 valence electrons. The summed E-state index contributed by atoms with van der Waals surface area (Å²) >= 11 is 6.10. The molecule has 5 nitrogen and oxygen atoms in total. The first-order valence-corrected chi connectivity index (χ1v) is 12.6. The van der Waals surface area contributed by atoms with Crippen LogP contribution in [-0.2, 0) is 22.6 Å². The van der Waals surface area contributed by atoms with Crippen LogP contribution in [0.25, 0.3) is 0 Å². The van der Waals surface area contributed by atoms with Crippen molar-refractivity contribution in [3.8, 4) is 5.75 Å². The van der Waals surface area contributed by atoms with Crippen molar-refractivity contribution < 1.29 is 14.3 Å². The number of allylic oxidation sites excluding steroid dienone is 2. The van der Waals surface area contributed by atoms with Gasteiger partial charge in [-0.15, -0.1) is 0 Å². The minimum atomic E-state index is -0.621. The van der Waals surface area contributed by atoms with Gasteiger partial charge in [0.25, 0.3) is 0 Å². The fourth-order valence-corrected chi connectivity index (χ4v) is 4.73. The highest BCUT2D eigenvalue weighted by Gasteiger charge is 2.36. The van der Waals surface area contributed by atoms with Crippen LogP contribution in [0.1, 0.15) is 30.4 Å². The molecule has 2 amide bonds. The number of carbonyl (C=O) groups excluding carboxylic acids is 2. The van der Waals surface area contributed by atoms with Gasteiger partial charge in [-0.1, -0.05) is 66.2 Å². The largest absolute Gasteiger partial charge is 0.497 e. The summed E-state index contributed by atoms with van der Waals surface area (Å²) in [6, 6.07) is 23.7. The monoisotopic (exact) mass is 502 g/mol. The summed E-state index contributed by atoms with van der Waals surface area (Å²) in [5.74, 6) is 0.459. The Bertz CT molecular complexity index is 1180. The van der Waals surface area contributed by atoms with Gasteiger partial charge in [0, 0.05) is 17.3 Å². The Morgan fingerprint density at radius 1 is 0.972 bits per heavy atom. The van der Waals surface area contributed by atoms with Crippen LogP contribution in [0.4, 0.5) is 5.69 Å². The second kappa shape index (κ2) is 12.4. The van der Waals surface area contributed by atoms with Crippen molar-refractivity contribution in [3.05, 3.63) is 107 Å². The van der Waals surface area contributed by atoms with Crippen LogP contribution in [0.15, 0.2) is 91.0 Å². The molecular weight excluding hydrogens is 472 g/mol. The number of methoxy groups -OCH3 is 1. The number of ether oxygens (including phenoxy) is 1. The van der Waals surface area contributed by atoms with Crippen molar-refractivity contribution in [3.63, 3.8) is 0 Å². The van der Waals surface area contributed by atoms with Crippen LogP contribution in [-0.4, -0.2) is 29.9 Å². The molecule has 3 aromatic carbocycles. The molecule has 3 aromatic rings. The smallest absolute Gasteiger partial charge is 0.247 e. The Morgan fingerprint density at radius 3 is 2.33 bits per heavy atom. The van der Waals surface area contributed by atoms with E-state index in [0.29, 0.717) is 23.0 Å². The molecule has 4 rings (SSSR count). The van der Waals surface area contributed by atoms with E-state index in [4.69, 9.17) is 16.3 Å². The van der Waals surface area contributed by atoms with Gasteiger partial charge in [-0.05, 0) is 72.7 Å². The molecule has 0 spiro atoms. The van der Waals surface area contributed by atoms with E-state index >= 15 is 0 Å². The number of hydrogen-bond acceptors (Lipinski definition) is 3. The number of nitrogens with zero attached hydrogens (tertiary/aromatic N) is 1. The Kier molecular flexibility index (Phi) is 8.80. The number of amides is 2. The molecule has 6 heteroatoms. The van der Waals surface area contributed by atoms with Gasteiger partial charge in [-0.25, -0.2) is 0 Å². The number of anilines is 1. The highest BCUT2D eigenvalue weighted by Crippen LogP contribution is 2.29. The van der Waals surface area contributed by atoms with Gasteiger partial charge < -0.3 is 15.0 Å². The number of halogens is 1. The number of nitrogens with one attached hydrogen (secondary N) is 1. The average Bonchev–Trinajstić information content (AvgIpc) is 2.91. The number of carbonyl (C=O) groups is 2. The van der Waals surface area contributed by atoms with Crippen molar-refractivity contribution in [2.24, 2.45) is 5.92 Å². The van der Waals surface area contributed by atoms with Crippen LogP contribution in [0.5, 0.6) is 5.75 Å². The minimum absolute atomic E-state index is 0.0141. The lowest BCUT2D eigenvalue weighted by atomic mass is 9.85. The molecule has 36 heavy (non-hydrogen) atoms. The van der Waals surface area contributed by atoms with E-state index in [0.717, 1.165) is 30.4 Å². The summed E-state index contributed by atoms with van der Waals surface area (Å²) in [5, 5.41) is 3.68. The molecule has 0 aliphatic heterocycles. The first kappa shape index (κ1) is 25.5. The van der Waals surface area contributed by atoms with Crippen molar-refractivity contribution in [2.75, 3.05) is 12.4 Å². The quantitative estimate of drug-likeness (QED) is 0.350. The van der Waals surface area contributed by atoms with E-state index in [9.17, 15) is 9.59 Å². The SMILES string of the molecule is COc1ccc(NC(=O)[C@@H]([C@H]2CC=CCC2)N(Cc2ccc(Cl)cc2)C(=O)Cc2ccccc2)cc1. The number of rotatable bonds is 9. The molecule has 2 atom stereocenters. The van der Waals surface area contributed by atoms with E-state index < -0.39 is 6.04 Å². The zero-order chi connectivity index (χ0) is 25.3. The van der Waals surface area contributed by atoms with Crippen molar-refractivity contribution in [1.29, 1.82) is 0 Å². The zero-order valence-electron chi connectivity index (χ0n) is 20.4. The van der Waals surface area contributed by atoms with Gasteiger partial charge in [0.15, 0.2) is 0 Å². The van der Waals surface area contributed by atoms with Crippen LogP contribution < -0.4 is 10.1 Å². The average molecular weight is 503 g/mol. The van der Waals surface area contributed by atoms with E-state index in [1.54, 1.807) is 24.1 Å². The standard InChI is InChI=1S/C30H31ClN2O3/c1-36-27-18-16-26(17-19-27)32-30(35)29(24-10-6-3-7-11-24)33(21-23-12-14-25(31)15-13-23)28(34)20-22-8-4-2-5-9-22/h2-6,8-9,12-19,24,29H,7,10-11,20-21H2,1H3,(H,32,35)/t24-,29+/m0/s1. The van der Waals surface area contributed by atoms with Crippen LogP contribution in [0.2, 0.25) is 5.02 Å². The second-order valence-electron chi connectivity index (χ2n) is 9.02.